The summed E-state index contributed by atoms with van der Waals surface area (Å²) in [6.07, 6.45) is 1.63. The Kier molecular flexibility index (Phi) is 6.36. The molecule has 6 rings (SSSR count). The molecule has 0 saturated carbocycles. The predicted molar refractivity (Wildman–Crippen MR) is 145 cm³/mol. The summed E-state index contributed by atoms with van der Waals surface area (Å²) in [4.78, 5) is 18.9. The molecule has 0 aliphatic carbocycles. The Morgan fingerprint density at radius 1 is 1.08 bits per heavy atom. The number of aromatic amines is 1. The fraction of sp³-hybridized carbons (Fsp3) is 0.286. The second-order valence-corrected chi connectivity index (χ2v) is 10.9. The predicted octanol–water partition coefficient (Wildman–Crippen LogP) is 5.04. The number of fused-ring (bicyclic) bond motifs is 2. The molecule has 1 aliphatic heterocycles. The molecule has 200 valence electrons. The van der Waals surface area contributed by atoms with Gasteiger partial charge in [-0.1, -0.05) is 23.7 Å². The molecule has 3 aromatic heterocycles. The summed E-state index contributed by atoms with van der Waals surface area (Å²) in [5, 5.41) is 14.2. The van der Waals surface area contributed by atoms with Gasteiger partial charge in [0.1, 0.15) is 11.8 Å². The van der Waals surface area contributed by atoms with Crippen LogP contribution in [-0.4, -0.2) is 36.9 Å². The molecule has 10 nitrogen and oxygen atoms in total. The number of H-pyrrole nitrogens is 1. The van der Waals surface area contributed by atoms with Crippen LogP contribution in [0.1, 0.15) is 49.5 Å². The number of aromatic nitrogens is 5. The smallest absolute Gasteiger partial charge is 0.253 e. The van der Waals surface area contributed by atoms with Gasteiger partial charge in [-0.3, -0.25) is 9.69 Å². The van der Waals surface area contributed by atoms with Crippen molar-refractivity contribution in [2.45, 2.75) is 45.4 Å². The van der Waals surface area contributed by atoms with Crippen LogP contribution in [0.5, 0.6) is 11.5 Å². The third kappa shape index (κ3) is 5.00. The second kappa shape index (κ2) is 9.87. The standard InChI is InChI=1S/C28H27ClN6O4/c1-28(2,3)35-26(31-32-33-35)25(21-11-18-12-23-24(39-16-38-23)13-22(18)30-27(21)36)34(15-20-5-4-10-37-20)14-17-6-8-19(29)9-7-17/h4-13,25H,14-16H2,1-3H3,(H,30,36)/t25-/m1/s1. The molecule has 0 saturated heterocycles. The van der Waals surface area contributed by atoms with Crippen molar-refractivity contribution >= 4 is 22.5 Å². The number of hydrogen-bond acceptors (Lipinski definition) is 8. The van der Waals surface area contributed by atoms with E-state index in [1.54, 1.807) is 17.0 Å². The van der Waals surface area contributed by atoms with Gasteiger partial charge in [-0.2, -0.15) is 0 Å². The summed E-state index contributed by atoms with van der Waals surface area (Å²) in [5.41, 5.74) is 1.45. The summed E-state index contributed by atoms with van der Waals surface area (Å²) in [7, 11) is 0. The first-order valence-corrected chi connectivity index (χ1v) is 12.9. The van der Waals surface area contributed by atoms with Gasteiger partial charge >= 0.3 is 0 Å². The Labute approximate surface area is 229 Å². The number of nitrogens with zero attached hydrogens (tertiary/aromatic N) is 5. The number of hydrogen-bond donors (Lipinski definition) is 1. The van der Waals surface area contributed by atoms with E-state index in [-0.39, 0.29) is 12.4 Å². The zero-order valence-electron chi connectivity index (χ0n) is 21.7. The lowest BCUT2D eigenvalue weighted by atomic mass is 10.0. The zero-order chi connectivity index (χ0) is 27.1. The van der Waals surface area contributed by atoms with Crippen LogP contribution in [0.2, 0.25) is 5.02 Å². The number of pyridine rings is 1. The Hall–Kier alpha value is -4.15. The molecule has 0 amide bonds. The summed E-state index contributed by atoms with van der Waals surface area (Å²) in [5.74, 6) is 2.50. The number of halogens is 1. The maximum atomic E-state index is 13.8. The first-order chi connectivity index (χ1) is 18.8. The van der Waals surface area contributed by atoms with Crippen molar-refractivity contribution in [3.05, 3.63) is 98.9 Å². The van der Waals surface area contributed by atoms with Gasteiger partial charge in [0.05, 0.1) is 23.9 Å². The molecule has 0 bridgehead atoms. The molecule has 39 heavy (non-hydrogen) atoms. The van der Waals surface area contributed by atoms with Crippen molar-refractivity contribution in [2.75, 3.05) is 6.79 Å². The van der Waals surface area contributed by atoms with Gasteiger partial charge in [0, 0.05) is 28.6 Å². The maximum absolute atomic E-state index is 13.8. The molecule has 2 aromatic carbocycles. The number of tetrazole rings is 1. The second-order valence-electron chi connectivity index (χ2n) is 10.5. The molecule has 1 aliphatic rings. The minimum absolute atomic E-state index is 0.143. The van der Waals surface area contributed by atoms with E-state index in [1.165, 1.54) is 0 Å². The minimum Gasteiger partial charge on any atom is -0.468 e. The molecule has 0 fully saturated rings. The van der Waals surface area contributed by atoms with E-state index in [9.17, 15) is 4.79 Å². The highest BCUT2D eigenvalue weighted by Gasteiger charge is 2.34. The fourth-order valence-electron chi connectivity index (χ4n) is 4.82. The van der Waals surface area contributed by atoms with Gasteiger partial charge < -0.3 is 18.9 Å². The number of benzene rings is 2. The van der Waals surface area contributed by atoms with Crippen LogP contribution in [0.3, 0.4) is 0 Å². The van der Waals surface area contributed by atoms with Crippen molar-refractivity contribution in [2.24, 2.45) is 0 Å². The van der Waals surface area contributed by atoms with Crippen LogP contribution in [-0.2, 0) is 18.6 Å². The Morgan fingerprint density at radius 3 is 2.56 bits per heavy atom. The average molecular weight is 547 g/mol. The van der Waals surface area contributed by atoms with Gasteiger partial charge in [0.2, 0.25) is 6.79 Å². The summed E-state index contributed by atoms with van der Waals surface area (Å²) in [6.45, 7) is 7.07. The van der Waals surface area contributed by atoms with Crippen LogP contribution in [0.4, 0.5) is 0 Å². The molecule has 0 radical (unpaired) electrons. The lowest BCUT2D eigenvalue weighted by Gasteiger charge is -2.32. The summed E-state index contributed by atoms with van der Waals surface area (Å²) < 4.78 is 18.6. The van der Waals surface area contributed by atoms with E-state index in [2.05, 4.69) is 25.4 Å². The largest absolute Gasteiger partial charge is 0.468 e. The van der Waals surface area contributed by atoms with Crippen LogP contribution in [0.25, 0.3) is 10.9 Å². The van der Waals surface area contributed by atoms with Gasteiger partial charge in [-0.25, -0.2) is 4.68 Å². The molecular weight excluding hydrogens is 520 g/mol. The number of nitrogens with one attached hydrogen (secondary N) is 1. The van der Waals surface area contributed by atoms with Crippen LogP contribution >= 0.6 is 11.6 Å². The van der Waals surface area contributed by atoms with E-state index in [0.29, 0.717) is 46.5 Å². The topological polar surface area (TPSA) is 111 Å². The van der Waals surface area contributed by atoms with Crippen molar-refractivity contribution in [1.82, 2.24) is 30.1 Å². The highest BCUT2D eigenvalue weighted by Crippen LogP contribution is 2.37. The number of furan rings is 1. The Balaban J connectivity index is 1.55. The van der Waals surface area contributed by atoms with Crippen molar-refractivity contribution < 1.29 is 13.9 Å². The minimum atomic E-state index is -0.626. The molecular formula is C28H27ClN6O4. The van der Waals surface area contributed by atoms with Crippen LogP contribution in [0, 0.1) is 0 Å². The highest BCUT2D eigenvalue weighted by atomic mass is 35.5. The molecule has 11 heteroatoms. The SMILES string of the molecule is CC(C)(C)n1nnnc1[C@@H](c1cc2cc3c(cc2[nH]c1=O)OCO3)N(Cc1ccc(Cl)cc1)Cc1ccco1. The number of rotatable bonds is 7. The fourth-order valence-corrected chi connectivity index (χ4v) is 4.95. The molecule has 0 spiro atoms. The summed E-state index contributed by atoms with van der Waals surface area (Å²) >= 11 is 6.17. The van der Waals surface area contributed by atoms with Crippen LogP contribution < -0.4 is 15.0 Å². The molecule has 4 heterocycles. The monoisotopic (exact) mass is 546 g/mol. The first-order valence-electron chi connectivity index (χ1n) is 12.5. The normalized spacial score (nSPS) is 13.9. The molecule has 1 N–H and O–H groups in total. The summed E-state index contributed by atoms with van der Waals surface area (Å²) in [6, 6.07) is 16.3. The lowest BCUT2D eigenvalue weighted by molar-refractivity contribution is 0.171. The average Bonchev–Trinajstić information content (AvgIpc) is 3.66. The zero-order valence-corrected chi connectivity index (χ0v) is 22.5. The van der Waals surface area contributed by atoms with Crippen LogP contribution in [0.15, 0.2) is 70.1 Å². The van der Waals surface area contributed by atoms with E-state index in [4.69, 9.17) is 25.5 Å². The Morgan fingerprint density at radius 2 is 1.85 bits per heavy atom. The quantitative estimate of drug-likeness (QED) is 0.302. The number of ether oxygens (including phenoxy) is 2. The van der Waals surface area contributed by atoms with Crippen molar-refractivity contribution in [3.63, 3.8) is 0 Å². The van der Waals surface area contributed by atoms with E-state index >= 15 is 0 Å². The first kappa shape index (κ1) is 25.1. The third-order valence-electron chi connectivity index (χ3n) is 6.64. The van der Waals surface area contributed by atoms with E-state index in [0.717, 1.165) is 16.7 Å². The molecule has 0 unspecified atom stereocenters. The lowest BCUT2D eigenvalue weighted by Crippen LogP contribution is -2.37. The van der Waals surface area contributed by atoms with Gasteiger partial charge in [-0.05, 0) is 73.2 Å². The van der Waals surface area contributed by atoms with Gasteiger partial charge in [-0.15, -0.1) is 5.10 Å². The highest BCUT2D eigenvalue weighted by molar-refractivity contribution is 6.30. The molecule has 5 aromatic rings. The van der Waals surface area contributed by atoms with E-state index < -0.39 is 11.6 Å². The Bertz CT molecular complexity index is 1670. The van der Waals surface area contributed by atoms with Crippen molar-refractivity contribution in [3.8, 4) is 11.5 Å². The third-order valence-corrected chi connectivity index (χ3v) is 6.89. The molecule has 1 atom stereocenters. The van der Waals surface area contributed by atoms with E-state index in [1.807, 2.05) is 69.3 Å². The van der Waals surface area contributed by atoms with Gasteiger partial charge in [0.15, 0.2) is 17.3 Å². The van der Waals surface area contributed by atoms with Gasteiger partial charge in [0.25, 0.3) is 5.56 Å². The van der Waals surface area contributed by atoms with Crippen molar-refractivity contribution in [1.29, 1.82) is 0 Å². The maximum Gasteiger partial charge on any atom is 0.253 e.